The number of morpholine rings is 1. The molecule has 2 fully saturated rings. The summed E-state index contributed by atoms with van der Waals surface area (Å²) in [4.78, 5) is 15.0. The maximum atomic E-state index is 12.9. The average molecular weight is 316 g/mol. The van der Waals surface area contributed by atoms with Crippen molar-refractivity contribution in [2.24, 2.45) is 5.92 Å². The highest BCUT2D eigenvalue weighted by molar-refractivity contribution is 5.79. The van der Waals surface area contributed by atoms with Gasteiger partial charge in [-0.25, -0.2) is 0 Å². The van der Waals surface area contributed by atoms with Crippen LogP contribution in [0.2, 0.25) is 0 Å². The zero-order valence-corrected chi connectivity index (χ0v) is 14.5. The van der Waals surface area contributed by atoms with Crippen molar-refractivity contribution in [3.05, 3.63) is 34.9 Å². The van der Waals surface area contributed by atoms with Gasteiger partial charge in [-0.15, -0.1) is 0 Å². The van der Waals surface area contributed by atoms with E-state index in [1.807, 2.05) is 4.90 Å². The van der Waals surface area contributed by atoms with Gasteiger partial charge in [-0.1, -0.05) is 23.8 Å². The lowest BCUT2D eigenvalue weighted by molar-refractivity contribution is -0.149. The molecular weight excluding hydrogens is 288 g/mol. The molecule has 1 N–H and O–H groups in total. The molecule has 0 radical (unpaired) electrons. The average Bonchev–Trinajstić information content (AvgIpc) is 2.58. The largest absolute Gasteiger partial charge is 0.370 e. The highest BCUT2D eigenvalue weighted by Gasteiger charge is 2.34. The van der Waals surface area contributed by atoms with Crippen molar-refractivity contribution in [3.63, 3.8) is 0 Å². The minimum absolute atomic E-state index is 0.00778. The van der Waals surface area contributed by atoms with E-state index in [2.05, 4.69) is 44.3 Å². The number of hydrogen-bond donors (Lipinski definition) is 1. The number of piperidine rings is 1. The lowest BCUT2D eigenvalue weighted by atomic mass is 9.95. The highest BCUT2D eigenvalue weighted by atomic mass is 16.5. The molecular formula is C19H28N2O2. The van der Waals surface area contributed by atoms with E-state index in [9.17, 15) is 4.79 Å². The molecule has 2 saturated heterocycles. The zero-order chi connectivity index (χ0) is 16.4. The van der Waals surface area contributed by atoms with E-state index < -0.39 is 0 Å². The number of rotatable bonds is 2. The van der Waals surface area contributed by atoms with Gasteiger partial charge in [0.2, 0.25) is 5.91 Å². The number of nitrogens with zero attached hydrogens (tertiary/aromatic N) is 1. The summed E-state index contributed by atoms with van der Waals surface area (Å²) in [5.74, 6) is 0.423. The molecule has 0 spiro atoms. The van der Waals surface area contributed by atoms with Crippen LogP contribution in [0.1, 0.15) is 42.6 Å². The molecule has 3 rings (SSSR count). The third kappa shape index (κ3) is 3.59. The number of ether oxygens (including phenoxy) is 1. The van der Waals surface area contributed by atoms with E-state index in [0.717, 1.165) is 25.9 Å². The fraction of sp³-hybridized carbons (Fsp3) is 0.632. The monoisotopic (exact) mass is 316 g/mol. The smallest absolute Gasteiger partial charge is 0.227 e. The first kappa shape index (κ1) is 16.5. The van der Waals surface area contributed by atoms with Crippen molar-refractivity contribution < 1.29 is 9.53 Å². The van der Waals surface area contributed by atoms with Crippen LogP contribution in [0, 0.1) is 19.8 Å². The molecule has 1 amide bonds. The quantitative estimate of drug-likeness (QED) is 0.912. The summed E-state index contributed by atoms with van der Waals surface area (Å²) in [5, 5.41) is 3.35. The van der Waals surface area contributed by atoms with Crippen LogP contribution in [0.4, 0.5) is 0 Å². The minimum Gasteiger partial charge on any atom is -0.370 e. The van der Waals surface area contributed by atoms with Crippen LogP contribution in [0.15, 0.2) is 18.2 Å². The van der Waals surface area contributed by atoms with Crippen molar-refractivity contribution >= 4 is 5.91 Å². The molecule has 1 aromatic carbocycles. The SMILES string of the molecule is Cc1ccc(C)c(C2CN(C(=O)C3CCCNC3)C(C)CO2)c1. The Morgan fingerprint density at radius 1 is 1.35 bits per heavy atom. The second-order valence-electron chi connectivity index (χ2n) is 7.06. The first-order valence-corrected chi connectivity index (χ1v) is 8.76. The van der Waals surface area contributed by atoms with Gasteiger partial charge in [0.25, 0.3) is 0 Å². The molecule has 0 saturated carbocycles. The van der Waals surface area contributed by atoms with Gasteiger partial charge in [0.1, 0.15) is 6.10 Å². The molecule has 3 unspecified atom stereocenters. The summed E-state index contributed by atoms with van der Waals surface area (Å²) in [6, 6.07) is 6.62. The molecule has 126 valence electrons. The predicted octanol–water partition coefficient (Wildman–Crippen LogP) is 2.59. The number of amides is 1. The highest BCUT2D eigenvalue weighted by Crippen LogP contribution is 2.29. The van der Waals surface area contributed by atoms with Gasteiger partial charge in [0.05, 0.1) is 25.1 Å². The number of carbonyl (C=O) groups excluding carboxylic acids is 1. The van der Waals surface area contributed by atoms with Crippen molar-refractivity contribution in [3.8, 4) is 0 Å². The third-order valence-electron chi connectivity index (χ3n) is 5.14. The Morgan fingerprint density at radius 3 is 2.91 bits per heavy atom. The van der Waals surface area contributed by atoms with E-state index in [-0.39, 0.29) is 18.1 Å². The Hall–Kier alpha value is -1.39. The first-order valence-electron chi connectivity index (χ1n) is 8.76. The van der Waals surface area contributed by atoms with Crippen molar-refractivity contribution in [2.75, 3.05) is 26.2 Å². The lowest BCUT2D eigenvalue weighted by Gasteiger charge is -2.41. The summed E-state index contributed by atoms with van der Waals surface area (Å²) in [5.41, 5.74) is 3.69. The van der Waals surface area contributed by atoms with Gasteiger partial charge in [0, 0.05) is 6.54 Å². The fourth-order valence-corrected chi connectivity index (χ4v) is 3.66. The van der Waals surface area contributed by atoms with Crippen LogP contribution in [-0.4, -0.2) is 43.1 Å². The molecule has 4 heteroatoms. The second-order valence-corrected chi connectivity index (χ2v) is 7.06. The Balaban J connectivity index is 1.76. The number of nitrogens with one attached hydrogen (secondary N) is 1. The van der Waals surface area contributed by atoms with Crippen LogP contribution in [0.5, 0.6) is 0 Å². The van der Waals surface area contributed by atoms with Crippen LogP contribution in [-0.2, 0) is 9.53 Å². The van der Waals surface area contributed by atoms with Crippen LogP contribution in [0.3, 0.4) is 0 Å². The molecule has 3 atom stereocenters. The van der Waals surface area contributed by atoms with Gasteiger partial charge >= 0.3 is 0 Å². The molecule has 0 aliphatic carbocycles. The lowest BCUT2D eigenvalue weighted by Crippen LogP contribution is -2.52. The standard InChI is InChI=1S/C19H28N2O2/c1-13-6-7-14(2)17(9-13)18-11-21(15(3)12-23-18)19(22)16-5-4-8-20-10-16/h6-7,9,15-16,18,20H,4-5,8,10-12H2,1-3H3. The molecule has 4 nitrogen and oxygen atoms in total. The Kier molecular flexibility index (Phi) is 5.02. The van der Waals surface area contributed by atoms with E-state index in [4.69, 9.17) is 4.74 Å². The van der Waals surface area contributed by atoms with Gasteiger partial charge in [-0.3, -0.25) is 4.79 Å². The van der Waals surface area contributed by atoms with E-state index in [1.54, 1.807) is 0 Å². The fourth-order valence-electron chi connectivity index (χ4n) is 3.66. The Morgan fingerprint density at radius 2 is 2.17 bits per heavy atom. The zero-order valence-electron chi connectivity index (χ0n) is 14.5. The van der Waals surface area contributed by atoms with Crippen LogP contribution >= 0.6 is 0 Å². The second kappa shape index (κ2) is 7.02. The van der Waals surface area contributed by atoms with E-state index in [0.29, 0.717) is 19.1 Å². The van der Waals surface area contributed by atoms with Crippen molar-refractivity contribution in [2.45, 2.75) is 45.8 Å². The summed E-state index contributed by atoms with van der Waals surface area (Å²) in [6.45, 7) is 9.45. The van der Waals surface area contributed by atoms with E-state index >= 15 is 0 Å². The number of hydrogen-bond acceptors (Lipinski definition) is 3. The maximum absolute atomic E-state index is 12.9. The maximum Gasteiger partial charge on any atom is 0.227 e. The molecule has 1 aromatic rings. The Bertz CT molecular complexity index is 566. The summed E-state index contributed by atoms with van der Waals surface area (Å²) in [7, 11) is 0. The molecule has 0 aromatic heterocycles. The summed E-state index contributed by atoms with van der Waals surface area (Å²) in [6.07, 6.45) is 2.09. The normalized spacial score (nSPS) is 28.7. The molecule has 23 heavy (non-hydrogen) atoms. The van der Waals surface area contributed by atoms with Crippen LogP contribution < -0.4 is 5.32 Å². The van der Waals surface area contributed by atoms with Crippen molar-refractivity contribution in [1.82, 2.24) is 10.2 Å². The van der Waals surface area contributed by atoms with Gasteiger partial charge in [0.15, 0.2) is 0 Å². The van der Waals surface area contributed by atoms with Gasteiger partial charge in [-0.2, -0.15) is 0 Å². The molecule has 2 heterocycles. The van der Waals surface area contributed by atoms with E-state index in [1.165, 1.54) is 16.7 Å². The Labute approximate surface area is 139 Å². The minimum atomic E-state index is -0.00778. The van der Waals surface area contributed by atoms with Crippen molar-refractivity contribution in [1.29, 1.82) is 0 Å². The molecule has 2 aliphatic heterocycles. The summed E-state index contributed by atoms with van der Waals surface area (Å²) < 4.78 is 6.07. The summed E-state index contributed by atoms with van der Waals surface area (Å²) >= 11 is 0. The molecule has 2 aliphatic rings. The van der Waals surface area contributed by atoms with Crippen LogP contribution in [0.25, 0.3) is 0 Å². The third-order valence-corrected chi connectivity index (χ3v) is 5.14. The first-order chi connectivity index (χ1) is 11.1. The van der Waals surface area contributed by atoms with Gasteiger partial charge in [-0.05, 0) is 51.3 Å². The number of aryl methyl sites for hydroxylation is 2. The number of carbonyl (C=O) groups is 1. The van der Waals surface area contributed by atoms with Gasteiger partial charge < -0.3 is 15.0 Å². The predicted molar refractivity (Wildman–Crippen MR) is 91.4 cm³/mol. The molecule has 0 bridgehead atoms. The number of benzene rings is 1. The topological polar surface area (TPSA) is 41.6 Å².